The van der Waals surface area contributed by atoms with Crippen LogP contribution in [-0.4, -0.2) is 11.8 Å². The van der Waals surface area contributed by atoms with E-state index in [4.69, 9.17) is 4.74 Å². The lowest BCUT2D eigenvalue weighted by Crippen LogP contribution is -2.05. The summed E-state index contributed by atoms with van der Waals surface area (Å²) in [6.07, 6.45) is 3.03. The van der Waals surface area contributed by atoms with E-state index in [9.17, 15) is 14.0 Å². The molecule has 0 radical (unpaired) electrons. The second-order valence-corrected chi connectivity index (χ2v) is 6.11. The van der Waals surface area contributed by atoms with Gasteiger partial charge in [0, 0.05) is 22.1 Å². The number of halogens is 1. The normalized spacial score (nSPS) is 10.8. The number of hydrogen-bond donors (Lipinski definition) is 0. The highest BCUT2D eigenvalue weighted by Crippen LogP contribution is 2.17. The average Bonchev–Trinajstić information content (AvgIpc) is 3.14. The third-order valence-corrected chi connectivity index (χ3v) is 4.21. The Balaban J connectivity index is 1.64. The molecule has 25 heavy (non-hydrogen) atoms. The van der Waals surface area contributed by atoms with Crippen molar-refractivity contribution < 1.29 is 18.7 Å². The maximum atomic E-state index is 12.9. The third kappa shape index (κ3) is 4.49. The monoisotopic (exact) mass is 352 g/mol. The molecule has 0 amide bonds. The van der Waals surface area contributed by atoms with Crippen LogP contribution in [-0.2, 0) is 4.79 Å². The molecule has 124 valence electrons. The number of hydrogen-bond acceptors (Lipinski definition) is 4. The molecule has 0 saturated carbocycles. The van der Waals surface area contributed by atoms with Crippen molar-refractivity contribution in [1.82, 2.24) is 0 Å². The van der Waals surface area contributed by atoms with Gasteiger partial charge in [-0.25, -0.2) is 9.18 Å². The Morgan fingerprint density at radius 1 is 0.920 bits per heavy atom. The minimum absolute atomic E-state index is 0.226. The van der Waals surface area contributed by atoms with Gasteiger partial charge in [0.15, 0.2) is 5.78 Å². The first-order chi connectivity index (χ1) is 12.1. The fraction of sp³-hybridized carbons (Fsp3) is 0. The van der Waals surface area contributed by atoms with Crippen molar-refractivity contribution in [2.75, 3.05) is 0 Å². The molecule has 0 fully saturated rings. The second kappa shape index (κ2) is 7.68. The van der Waals surface area contributed by atoms with Crippen LogP contribution in [0.5, 0.6) is 5.75 Å². The molecule has 0 aliphatic rings. The van der Waals surface area contributed by atoms with Crippen molar-refractivity contribution in [3.05, 3.63) is 93.9 Å². The average molecular weight is 352 g/mol. The summed E-state index contributed by atoms with van der Waals surface area (Å²) in [5, 5.41) is 1.92. The summed E-state index contributed by atoms with van der Waals surface area (Å²) in [6, 6.07) is 15.4. The molecular weight excluding hydrogens is 339 g/mol. The van der Waals surface area contributed by atoms with Crippen molar-refractivity contribution in [1.29, 1.82) is 0 Å². The maximum absolute atomic E-state index is 12.9. The van der Waals surface area contributed by atoms with E-state index in [1.54, 1.807) is 30.3 Å². The number of carbonyl (C=O) groups is 2. The number of benzene rings is 2. The first-order valence-corrected chi connectivity index (χ1v) is 8.33. The lowest BCUT2D eigenvalue weighted by atomic mass is 10.0. The molecule has 1 heterocycles. The molecule has 5 heteroatoms. The summed E-state index contributed by atoms with van der Waals surface area (Å²) in [7, 11) is 0. The summed E-state index contributed by atoms with van der Waals surface area (Å²) in [6.45, 7) is 0. The Hall–Kier alpha value is -3.05. The Bertz CT molecular complexity index is 895. The van der Waals surface area contributed by atoms with Gasteiger partial charge in [-0.1, -0.05) is 6.07 Å². The fourth-order valence-corrected chi connectivity index (χ4v) is 2.75. The molecule has 0 saturated heterocycles. The Morgan fingerprint density at radius 3 is 2.16 bits per heavy atom. The molecule has 0 N–H and O–H groups in total. The number of rotatable bonds is 5. The van der Waals surface area contributed by atoms with Crippen LogP contribution in [0, 0.1) is 5.82 Å². The molecule has 3 rings (SSSR count). The van der Waals surface area contributed by atoms with Gasteiger partial charge in [-0.05, 0) is 66.1 Å². The van der Waals surface area contributed by atoms with Gasteiger partial charge in [0.1, 0.15) is 11.6 Å². The van der Waals surface area contributed by atoms with Gasteiger partial charge < -0.3 is 4.74 Å². The molecule has 1 aromatic heterocycles. The molecule has 3 aromatic rings. The number of ketones is 1. The summed E-state index contributed by atoms with van der Waals surface area (Å²) < 4.78 is 18.1. The first kappa shape index (κ1) is 16.8. The quantitative estimate of drug-likeness (QED) is 0.288. The molecule has 0 bridgehead atoms. The van der Waals surface area contributed by atoms with Crippen LogP contribution < -0.4 is 4.74 Å². The van der Waals surface area contributed by atoms with E-state index in [0.717, 1.165) is 4.88 Å². The van der Waals surface area contributed by atoms with E-state index in [1.165, 1.54) is 41.7 Å². The van der Waals surface area contributed by atoms with E-state index < -0.39 is 11.8 Å². The summed E-state index contributed by atoms with van der Waals surface area (Å²) in [4.78, 5) is 25.0. The van der Waals surface area contributed by atoms with Crippen molar-refractivity contribution >= 4 is 29.2 Å². The molecular formula is C20H13FO3S. The minimum Gasteiger partial charge on any atom is -0.423 e. The standard InChI is InChI=1S/C20H13FO3S/c21-16-7-3-14(4-8-16)20(23)15-5-9-17(10-6-15)24-19(22)12-11-18-2-1-13-25-18/h1-13H. The lowest BCUT2D eigenvalue weighted by Gasteiger charge is -2.04. The molecule has 0 spiro atoms. The van der Waals surface area contributed by atoms with E-state index in [1.807, 2.05) is 17.5 Å². The summed E-state index contributed by atoms with van der Waals surface area (Å²) in [5.74, 6) is -0.771. The zero-order valence-corrected chi connectivity index (χ0v) is 13.8. The van der Waals surface area contributed by atoms with Crippen LogP contribution in [0.3, 0.4) is 0 Å². The minimum atomic E-state index is -0.494. The zero-order chi connectivity index (χ0) is 17.6. The smallest absolute Gasteiger partial charge is 0.336 e. The Labute approximate surface area is 148 Å². The highest BCUT2D eigenvalue weighted by molar-refractivity contribution is 7.10. The van der Waals surface area contributed by atoms with Gasteiger partial charge in [-0.2, -0.15) is 0 Å². The van der Waals surface area contributed by atoms with Gasteiger partial charge in [-0.3, -0.25) is 4.79 Å². The third-order valence-electron chi connectivity index (χ3n) is 3.37. The second-order valence-electron chi connectivity index (χ2n) is 5.13. The maximum Gasteiger partial charge on any atom is 0.336 e. The van der Waals surface area contributed by atoms with Crippen LogP contribution in [0.15, 0.2) is 72.1 Å². The molecule has 3 nitrogen and oxygen atoms in total. The van der Waals surface area contributed by atoms with Crippen LogP contribution in [0.2, 0.25) is 0 Å². The van der Waals surface area contributed by atoms with Gasteiger partial charge in [-0.15, -0.1) is 11.3 Å². The van der Waals surface area contributed by atoms with Gasteiger partial charge >= 0.3 is 5.97 Å². The van der Waals surface area contributed by atoms with Gasteiger partial charge in [0.2, 0.25) is 0 Å². The molecule has 0 aliphatic heterocycles. The number of thiophene rings is 1. The van der Waals surface area contributed by atoms with Crippen LogP contribution in [0.1, 0.15) is 20.8 Å². The van der Waals surface area contributed by atoms with Crippen LogP contribution >= 0.6 is 11.3 Å². The fourth-order valence-electron chi connectivity index (χ4n) is 2.13. The topological polar surface area (TPSA) is 43.4 Å². The SMILES string of the molecule is O=C(C=Cc1cccs1)Oc1ccc(C(=O)c2ccc(F)cc2)cc1. The molecule has 0 atom stereocenters. The number of esters is 1. The van der Waals surface area contributed by atoms with Crippen LogP contribution in [0.4, 0.5) is 4.39 Å². The predicted octanol–water partition coefficient (Wildman–Crippen LogP) is 4.74. The summed E-state index contributed by atoms with van der Waals surface area (Å²) in [5.41, 5.74) is 0.825. The van der Waals surface area contributed by atoms with E-state index in [0.29, 0.717) is 16.9 Å². The number of ether oxygens (including phenoxy) is 1. The highest BCUT2D eigenvalue weighted by Gasteiger charge is 2.10. The molecule has 2 aromatic carbocycles. The van der Waals surface area contributed by atoms with Crippen molar-refractivity contribution in [3.63, 3.8) is 0 Å². The lowest BCUT2D eigenvalue weighted by molar-refractivity contribution is -0.128. The number of carbonyl (C=O) groups excluding carboxylic acids is 2. The molecule has 0 aliphatic carbocycles. The largest absolute Gasteiger partial charge is 0.423 e. The first-order valence-electron chi connectivity index (χ1n) is 7.45. The van der Waals surface area contributed by atoms with Crippen molar-refractivity contribution in [2.45, 2.75) is 0 Å². The zero-order valence-electron chi connectivity index (χ0n) is 13.0. The predicted molar refractivity (Wildman–Crippen MR) is 95.3 cm³/mol. The molecule has 0 unspecified atom stereocenters. The Morgan fingerprint density at radius 2 is 1.56 bits per heavy atom. The van der Waals surface area contributed by atoms with Crippen molar-refractivity contribution in [2.24, 2.45) is 0 Å². The van der Waals surface area contributed by atoms with E-state index in [-0.39, 0.29) is 5.78 Å². The van der Waals surface area contributed by atoms with Crippen molar-refractivity contribution in [3.8, 4) is 5.75 Å². The summed E-state index contributed by atoms with van der Waals surface area (Å²) >= 11 is 1.52. The van der Waals surface area contributed by atoms with Gasteiger partial charge in [0.25, 0.3) is 0 Å². The Kier molecular flexibility index (Phi) is 5.16. The van der Waals surface area contributed by atoms with Gasteiger partial charge in [0.05, 0.1) is 0 Å². The highest BCUT2D eigenvalue weighted by atomic mass is 32.1. The van der Waals surface area contributed by atoms with E-state index >= 15 is 0 Å². The van der Waals surface area contributed by atoms with E-state index in [2.05, 4.69) is 0 Å². The van der Waals surface area contributed by atoms with Crippen LogP contribution in [0.25, 0.3) is 6.08 Å².